The Hall–Kier alpha value is -2.51. The highest BCUT2D eigenvalue weighted by Gasteiger charge is 2.34. The summed E-state index contributed by atoms with van der Waals surface area (Å²) in [6.45, 7) is 0. The van der Waals surface area contributed by atoms with Gasteiger partial charge in [-0.1, -0.05) is 23.4 Å². The average Bonchev–Trinajstić information content (AvgIpc) is 2.67. The van der Waals surface area contributed by atoms with Crippen LogP contribution in [0.1, 0.15) is 6.42 Å². The summed E-state index contributed by atoms with van der Waals surface area (Å²) in [7, 11) is 3.25. The van der Waals surface area contributed by atoms with Gasteiger partial charge in [0.15, 0.2) is 5.17 Å². The molecule has 1 fully saturated rings. The summed E-state index contributed by atoms with van der Waals surface area (Å²) in [4.78, 5) is 30.9. The van der Waals surface area contributed by atoms with Crippen molar-refractivity contribution in [1.29, 1.82) is 0 Å². The number of halogens is 1. The van der Waals surface area contributed by atoms with E-state index < -0.39 is 5.25 Å². The zero-order valence-electron chi connectivity index (χ0n) is 14.8. The topological polar surface area (TPSA) is 71.0 Å². The largest absolute Gasteiger partial charge is 0.497 e. The second-order valence-electron chi connectivity index (χ2n) is 5.85. The second-order valence-corrected chi connectivity index (χ2v) is 7.46. The van der Waals surface area contributed by atoms with E-state index in [1.54, 1.807) is 62.7 Å². The van der Waals surface area contributed by atoms with Crippen LogP contribution in [0.4, 0.5) is 11.4 Å². The number of benzene rings is 2. The van der Waals surface area contributed by atoms with Crippen molar-refractivity contribution < 1.29 is 14.3 Å². The van der Waals surface area contributed by atoms with Crippen LogP contribution in [0.5, 0.6) is 5.75 Å². The van der Waals surface area contributed by atoms with Gasteiger partial charge in [0.2, 0.25) is 11.8 Å². The summed E-state index contributed by atoms with van der Waals surface area (Å²) in [5, 5.41) is 3.33. The number of carbonyl (C=O) groups excluding carboxylic acids is 2. The van der Waals surface area contributed by atoms with E-state index >= 15 is 0 Å². The van der Waals surface area contributed by atoms with Crippen LogP contribution < -0.4 is 10.1 Å². The first-order valence-electron chi connectivity index (χ1n) is 8.18. The first-order chi connectivity index (χ1) is 13.0. The lowest BCUT2D eigenvalue weighted by molar-refractivity contribution is -0.128. The molecule has 1 N–H and O–H groups in total. The van der Waals surface area contributed by atoms with Crippen molar-refractivity contribution in [3.63, 3.8) is 0 Å². The minimum absolute atomic E-state index is 0.113. The van der Waals surface area contributed by atoms with E-state index in [9.17, 15) is 9.59 Å². The summed E-state index contributed by atoms with van der Waals surface area (Å²) in [6.07, 6.45) is 0.113. The predicted molar refractivity (Wildman–Crippen MR) is 109 cm³/mol. The van der Waals surface area contributed by atoms with Gasteiger partial charge in [-0.15, -0.1) is 0 Å². The van der Waals surface area contributed by atoms with Crippen molar-refractivity contribution in [2.45, 2.75) is 11.7 Å². The molecule has 2 aromatic rings. The fourth-order valence-corrected chi connectivity index (χ4v) is 3.61. The molecule has 1 atom stereocenters. The number of thioether (sulfide) groups is 1. The lowest BCUT2D eigenvalue weighted by atomic mass is 10.2. The molecule has 0 radical (unpaired) electrons. The number of nitrogens with zero attached hydrogens (tertiary/aromatic N) is 2. The van der Waals surface area contributed by atoms with Crippen molar-refractivity contribution in [1.82, 2.24) is 4.90 Å². The van der Waals surface area contributed by atoms with Gasteiger partial charge in [0, 0.05) is 24.2 Å². The lowest BCUT2D eigenvalue weighted by Gasteiger charge is -2.28. The van der Waals surface area contributed by atoms with Crippen LogP contribution in [0.15, 0.2) is 53.5 Å². The van der Waals surface area contributed by atoms with Crippen LogP contribution in [0.2, 0.25) is 5.02 Å². The number of ether oxygens (including phenoxy) is 1. The average molecular weight is 404 g/mol. The number of amides is 2. The molecule has 2 amide bonds. The highest BCUT2D eigenvalue weighted by molar-refractivity contribution is 8.15. The molecule has 0 aromatic heterocycles. The van der Waals surface area contributed by atoms with Gasteiger partial charge in [0.25, 0.3) is 0 Å². The summed E-state index contributed by atoms with van der Waals surface area (Å²) < 4.78 is 5.13. The van der Waals surface area contributed by atoms with Gasteiger partial charge in [-0.2, -0.15) is 0 Å². The van der Waals surface area contributed by atoms with E-state index in [-0.39, 0.29) is 18.2 Å². The molecule has 140 valence electrons. The smallest absolute Gasteiger partial charge is 0.238 e. The number of hydrogen-bond donors (Lipinski definition) is 1. The Morgan fingerprint density at radius 3 is 2.52 bits per heavy atom. The number of amidine groups is 1. The van der Waals surface area contributed by atoms with E-state index in [2.05, 4.69) is 10.3 Å². The second kappa shape index (κ2) is 8.45. The summed E-state index contributed by atoms with van der Waals surface area (Å²) in [5.41, 5.74) is 1.31. The molecular formula is C19H18ClN3O3S. The zero-order valence-corrected chi connectivity index (χ0v) is 16.4. The van der Waals surface area contributed by atoms with Gasteiger partial charge >= 0.3 is 0 Å². The molecule has 1 heterocycles. The first kappa shape index (κ1) is 19.3. The third-order valence-electron chi connectivity index (χ3n) is 3.97. The Kier molecular flexibility index (Phi) is 6.03. The van der Waals surface area contributed by atoms with Crippen molar-refractivity contribution in [3.8, 4) is 5.75 Å². The minimum atomic E-state index is -0.554. The van der Waals surface area contributed by atoms with Crippen molar-refractivity contribution in [2.75, 3.05) is 19.5 Å². The molecule has 1 saturated heterocycles. The number of anilines is 1. The molecule has 0 aliphatic carbocycles. The van der Waals surface area contributed by atoms with Gasteiger partial charge in [-0.25, -0.2) is 4.99 Å². The third-order valence-corrected chi connectivity index (χ3v) is 5.46. The third kappa shape index (κ3) is 4.81. The van der Waals surface area contributed by atoms with E-state index in [1.807, 2.05) is 0 Å². The number of carbonyl (C=O) groups is 2. The van der Waals surface area contributed by atoms with E-state index in [4.69, 9.17) is 16.3 Å². The number of hydrogen-bond acceptors (Lipinski definition) is 5. The molecular weight excluding hydrogens is 386 g/mol. The summed E-state index contributed by atoms with van der Waals surface area (Å²) >= 11 is 7.12. The van der Waals surface area contributed by atoms with Crippen LogP contribution in [-0.4, -0.2) is 41.3 Å². The molecule has 6 nitrogen and oxygen atoms in total. The van der Waals surface area contributed by atoms with Crippen LogP contribution in [0, 0.1) is 0 Å². The zero-order chi connectivity index (χ0) is 19.4. The Balaban J connectivity index is 1.75. The molecule has 1 aliphatic rings. The predicted octanol–water partition coefficient (Wildman–Crippen LogP) is 3.94. The van der Waals surface area contributed by atoms with Gasteiger partial charge in [-0.3, -0.25) is 14.5 Å². The molecule has 8 heteroatoms. The molecule has 3 rings (SSSR count). The fourth-order valence-electron chi connectivity index (χ4n) is 2.42. The molecule has 27 heavy (non-hydrogen) atoms. The van der Waals surface area contributed by atoms with Gasteiger partial charge in [0.05, 0.1) is 12.8 Å². The van der Waals surface area contributed by atoms with E-state index in [0.29, 0.717) is 21.6 Å². The lowest BCUT2D eigenvalue weighted by Crippen LogP contribution is -2.43. The highest BCUT2D eigenvalue weighted by Crippen LogP contribution is 2.29. The van der Waals surface area contributed by atoms with Crippen molar-refractivity contribution in [3.05, 3.63) is 53.6 Å². The van der Waals surface area contributed by atoms with E-state index in [0.717, 1.165) is 5.75 Å². The molecule has 1 aliphatic heterocycles. The number of aliphatic imine (C=N–C) groups is 1. The Bertz CT molecular complexity index is 869. The first-order valence-corrected chi connectivity index (χ1v) is 9.44. The Morgan fingerprint density at radius 1 is 1.22 bits per heavy atom. The standard InChI is InChI=1S/C19H18ClN3O3S/c1-23-17(24)11-16(18(25)21-13-5-3-12(20)4-6-13)27-19(23)22-14-7-9-15(26-2)10-8-14/h3-10,16H,11H2,1-2H3,(H,21,25)/t16-/m0/s1. The van der Waals surface area contributed by atoms with Crippen LogP contribution in [0.25, 0.3) is 0 Å². The number of methoxy groups -OCH3 is 1. The van der Waals surface area contributed by atoms with Crippen molar-refractivity contribution in [2.24, 2.45) is 4.99 Å². The maximum atomic E-state index is 12.6. The van der Waals surface area contributed by atoms with Crippen LogP contribution in [0.3, 0.4) is 0 Å². The Labute approximate surface area is 166 Å². The summed E-state index contributed by atoms with van der Waals surface area (Å²) in [5.74, 6) is 0.323. The molecule has 0 bridgehead atoms. The van der Waals surface area contributed by atoms with Gasteiger partial charge in [-0.05, 0) is 48.5 Å². The number of nitrogens with one attached hydrogen (secondary N) is 1. The quantitative estimate of drug-likeness (QED) is 0.839. The molecule has 0 spiro atoms. The molecule has 0 unspecified atom stereocenters. The van der Waals surface area contributed by atoms with Crippen molar-refractivity contribution >= 4 is 51.7 Å². The molecule has 2 aromatic carbocycles. The Morgan fingerprint density at radius 2 is 1.89 bits per heavy atom. The highest BCUT2D eigenvalue weighted by atomic mass is 35.5. The normalized spacial score (nSPS) is 18.5. The fraction of sp³-hybridized carbons (Fsp3) is 0.211. The van der Waals surface area contributed by atoms with Crippen LogP contribution in [-0.2, 0) is 9.59 Å². The van der Waals surface area contributed by atoms with Gasteiger partial charge in [0.1, 0.15) is 11.0 Å². The monoisotopic (exact) mass is 403 g/mol. The van der Waals surface area contributed by atoms with Crippen LogP contribution >= 0.6 is 23.4 Å². The maximum absolute atomic E-state index is 12.6. The SMILES string of the molecule is COc1ccc(N=C2S[C@H](C(=O)Nc3ccc(Cl)cc3)CC(=O)N2C)cc1. The summed E-state index contributed by atoms with van der Waals surface area (Å²) in [6, 6.07) is 14.0. The maximum Gasteiger partial charge on any atom is 0.238 e. The van der Waals surface area contributed by atoms with E-state index in [1.165, 1.54) is 16.7 Å². The minimum Gasteiger partial charge on any atom is -0.497 e. The molecule has 0 saturated carbocycles. The number of rotatable bonds is 4. The van der Waals surface area contributed by atoms with Gasteiger partial charge < -0.3 is 10.1 Å².